The van der Waals surface area contributed by atoms with Gasteiger partial charge in [-0.2, -0.15) is 13.2 Å². The Labute approximate surface area is 146 Å². The van der Waals surface area contributed by atoms with E-state index in [4.69, 9.17) is 9.90 Å². The third-order valence-electron chi connectivity index (χ3n) is 5.30. The summed E-state index contributed by atoms with van der Waals surface area (Å²) in [5.74, 6) is -2.06. The molecule has 0 bridgehead atoms. The van der Waals surface area contributed by atoms with Gasteiger partial charge in [0.15, 0.2) is 0 Å². The van der Waals surface area contributed by atoms with Gasteiger partial charge in [-0.1, -0.05) is 0 Å². The van der Waals surface area contributed by atoms with Gasteiger partial charge in [-0.25, -0.2) is 14.8 Å². The lowest BCUT2D eigenvalue weighted by molar-refractivity contribution is -0.192. The Hall–Kier alpha value is -2.39. The molecule has 3 aliphatic rings. The van der Waals surface area contributed by atoms with Crippen molar-refractivity contribution in [2.75, 3.05) is 5.32 Å². The molecule has 142 valence electrons. The minimum atomic E-state index is -5.08. The van der Waals surface area contributed by atoms with Crippen LogP contribution in [0.4, 0.5) is 19.0 Å². The Bertz CT molecular complexity index is 740. The van der Waals surface area contributed by atoms with Crippen molar-refractivity contribution in [3.8, 4) is 0 Å². The van der Waals surface area contributed by atoms with Crippen LogP contribution in [0.5, 0.6) is 0 Å². The molecule has 0 radical (unpaired) electrons. The number of carboxylic acids is 2. The minimum Gasteiger partial charge on any atom is -0.481 e. The fourth-order valence-electron chi connectivity index (χ4n) is 3.94. The van der Waals surface area contributed by atoms with Crippen molar-refractivity contribution in [2.45, 2.75) is 50.7 Å². The van der Waals surface area contributed by atoms with Crippen molar-refractivity contribution >= 4 is 17.8 Å². The number of hydrogen-bond donors (Lipinski definition) is 3. The number of aromatic nitrogens is 2. The van der Waals surface area contributed by atoms with Gasteiger partial charge in [-0.15, -0.1) is 0 Å². The second-order valence-corrected chi connectivity index (χ2v) is 6.95. The predicted molar refractivity (Wildman–Crippen MR) is 82.6 cm³/mol. The van der Waals surface area contributed by atoms with Gasteiger partial charge in [-0.3, -0.25) is 4.79 Å². The molecule has 7 nitrogen and oxygen atoms in total. The maximum atomic E-state index is 11.3. The number of hydrogen-bond acceptors (Lipinski definition) is 5. The van der Waals surface area contributed by atoms with Crippen LogP contribution in [0, 0.1) is 11.3 Å². The highest BCUT2D eigenvalue weighted by molar-refractivity contribution is 5.79. The topological polar surface area (TPSA) is 112 Å². The van der Waals surface area contributed by atoms with E-state index in [1.807, 2.05) is 0 Å². The van der Waals surface area contributed by atoms with Crippen molar-refractivity contribution in [3.63, 3.8) is 0 Å². The summed E-state index contributed by atoms with van der Waals surface area (Å²) in [6, 6.07) is 0.259. The second-order valence-electron chi connectivity index (χ2n) is 6.95. The maximum absolute atomic E-state index is 11.3. The number of anilines is 1. The van der Waals surface area contributed by atoms with Crippen LogP contribution in [-0.4, -0.2) is 44.3 Å². The Kier molecular flexibility index (Phi) is 4.53. The zero-order valence-electron chi connectivity index (χ0n) is 13.7. The normalized spacial score (nSPS) is 28.4. The predicted octanol–water partition coefficient (Wildman–Crippen LogP) is 2.26. The third-order valence-corrected chi connectivity index (χ3v) is 5.30. The zero-order chi connectivity index (χ0) is 19.1. The zero-order valence-corrected chi connectivity index (χ0v) is 13.7. The third kappa shape index (κ3) is 3.45. The van der Waals surface area contributed by atoms with E-state index in [9.17, 15) is 23.1 Å². The number of nitrogens with zero attached hydrogens (tertiary/aromatic N) is 2. The van der Waals surface area contributed by atoms with E-state index in [1.54, 1.807) is 6.33 Å². The van der Waals surface area contributed by atoms with E-state index >= 15 is 0 Å². The molecule has 0 saturated heterocycles. The number of alkyl halides is 3. The molecule has 2 saturated carbocycles. The number of aryl methyl sites for hydroxylation is 1. The number of aliphatic carboxylic acids is 2. The fraction of sp³-hybridized carbons (Fsp3) is 0.625. The van der Waals surface area contributed by atoms with Gasteiger partial charge in [-0.05, 0) is 44.4 Å². The highest BCUT2D eigenvalue weighted by Gasteiger charge is 2.65. The first-order valence-electron chi connectivity index (χ1n) is 8.26. The quantitative estimate of drug-likeness (QED) is 0.745. The molecular formula is C16H18F3N3O4. The molecule has 4 rings (SSSR count). The standard InChI is InChI=1S/C14H17N3O2.C2HF3O2/c18-13(19)14-5-8(14)4-9(6-14)17-12-10-2-1-3-11(10)15-7-16-12;3-2(4,5)1(6)7/h7-9H,1-6H2,(H,18,19)(H,15,16,17);(H,6,7)/t8-,9+,14+;/m1./s1. The van der Waals surface area contributed by atoms with Gasteiger partial charge in [0.25, 0.3) is 0 Å². The highest BCUT2D eigenvalue weighted by atomic mass is 19.4. The average Bonchev–Trinajstić information content (AvgIpc) is 2.93. The SMILES string of the molecule is O=C(O)C(F)(F)F.O=C(O)[C@@]12C[C@@H](Nc3ncnc4c3CCC4)C[C@@H]1C2. The van der Waals surface area contributed by atoms with Crippen LogP contribution in [0.25, 0.3) is 0 Å². The van der Waals surface area contributed by atoms with Crippen LogP contribution in [0.1, 0.15) is 36.9 Å². The van der Waals surface area contributed by atoms with Crippen molar-refractivity contribution in [1.82, 2.24) is 9.97 Å². The Balaban J connectivity index is 0.000000242. The van der Waals surface area contributed by atoms with Crippen LogP contribution >= 0.6 is 0 Å². The Morgan fingerprint density at radius 2 is 1.88 bits per heavy atom. The van der Waals surface area contributed by atoms with Crippen LogP contribution in [0.2, 0.25) is 0 Å². The maximum Gasteiger partial charge on any atom is 0.490 e. The Morgan fingerprint density at radius 1 is 1.19 bits per heavy atom. The van der Waals surface area contributed by atoms with Gasteiger partial charge in [0, 0.05) is 17.3 Å². The molecule has 0 amide bonds. The van der Waals surface area contributed by atoms with Gasteiger partial charge in [0.05, 0.1) is 5.41 Å². The van der Waals surface area contributed by atoms with Crippen molar-refractivity contribution in [3.05, 3.63) is 17.6 Å². The number of carbonyl (C=O) groups is 2. The summed E-state index contributed by atoms with van der Waals surface area (Å²) in [5, 5.41) is 19.9. The van der Waals surface area contributed by atoms with Crippen LogP contribution in [0.15, 0.2) is 6.33 Å². The summed E-state index contributed by atoms with van der Waals surface area (Å²) < 4.78 is 31.7. The lowest BCUT2D eigenvalue weighted by Crippen LogP contribution is -2.23. The van der Waals surface area contributed by atoms with E-state index in [0.717, 1.165) is 50.0 Å². The van der Waals surface area contributed by atoms with E-state index in [1.165, 1.54) is 5.56 Å². The Morgan fingerprint density at radius 3 is 2.46 bits per heavy atom. The lowest BCUT2D eigenvalue weighted by Gasteiger charge is -2.18. The average molecular weight is 373 g/mol. The minimum absolute atomic E-state index is 0.259. The molecule has 0 spiro atoms. The monoisotopic (exact) mass is 373 g/mol. The smallest absolute Gasteiger partial charge is 0.481 e. The fourth-order valence-corrected chi connectivity index (χ4v) is 3.94. The summed E-state index contributed by atoms with van der Waals surface area (Å²) in [6.07, 6.45) is 2.33. The lowest BCUT2D eigenvalue weighted by atomic mass is 10.0. The summed E-state index contributed by atoms with van der Waals surface area (Å²) >= 11 is 0. The number of rotatable bonds is 3. The molecule has 1 aromatic rings. The van der Waals surface area contributed by atoms with E-state index in [-0.39, 0.29) is 6.04 Å². The molecule has 26 heavy (non-hydrogen) atoms. The van der Waals surface area contributed by atoms with Gasteiger partial charge in [0.1, 0.15) is 12.1 Å². The molecular weight excluding hydrogens is 355 g/mol. The van der Waals surface area contributed by atoms with Crippen LogP contribution < -0.4 is 5.32 Å². The van der Waals surface area contributed by atoms with Gasteiger partial charge >= 0.3 is 18.1 Å². The molecule has 0 aromatic carbocycles. The van der Waals surface area contributed by atoms with Crippen molar-refractivity contribution < 1.29 is 33.0 Å². The van der Waals surface area contributed by atoms with Gasteiger partial charge in [0.2, 0.25) is 0 Å². The summed E-state index contributed by atoms with van der Waals surface area (Å²) in [5.41, 5.74) is 1.98. The molecule has 3 atom stereocenters. The van der Waals surface area contributed by atoms with Crippen LogP contribution in [0.3, 0.4) is 0 Å². The number of fused-ring (bicyclic) bond motifs is 2. The van der Waals surface area contributed by atoms with Crippen LogP contribution in [-0.2, 0) is 22.4 Å². The molecule has 1 heterocycles. The first-order valence-corrected chi connectivity index (χ1v) is 8.26. The molecule has 10 heteroatoms. The summed E-state index contributed by atoms with van der Waals surface area (Å²) in [7, 11) is 0. The second kappa shape index (κ2) is 6.40. The molecule has 0 unspecified atom stereocenters. The van der Waals surface area contributed by atoms with E-state index in [0.29, 0.717) is 5.92 Å². The molecule has 1 aromatic heterocycles. The highest BCUT2D eigenvalue weighted by Crippen LogP contribution is 2.64. The van der Waals surface area contributed by atoms with E-state index in [2.05, 4.69) is 15.3 Å². The number of nitrogens with one attached hydrogen (secondary N) is 1. The van der Waals surface area contributed by atoms with Crippen molar-refractivity contribution in [2.24, 2.45) is 11.3 Å². The number of carboxylic acid groups (broad SMARTS) is 2. The first kappa shape index (κ1) is 18.4. The first-order chi connectivity index (χ1) is 12.1. The largest absolute Gasteiger partial charge is 0.490 e. The molecule has 3 N–H and O–H groups in total. The number of halogens is 3. The summed E-state index contributed by atoms with van der Waals surface area (Å²) in [6.45, 7) is 0. The van der Waals surface area contributed by atoms with E-state index < -0.39 is 23.5 Å². The van der Waals surface area contributed by atoms with Gasteiger partial charge < -0.3 is 15.5 Å². The molecule has 3 aliphatic carbocycles. The van der Waals surface area contributed by atoms with Crippen molar-refractivity contribution in [1.29, 1.82) is 0 Å². The molecule has 2 fully saturated rings. The molecule has 0 aliphatic heterocycles. The summed E-state index contributed by atoms with van der Waals surface area (Å²) in [4.78, 5) is 28.9.